The Bertz CT molecular complexity index is 485. The van der Waals surface area contributed by atoms with Gasteiger partial charge in [-0.15, -0.1) is 0 Å². The van der Waals surface area contributed by atoms with E-state index < -0.39 is 11.8 Å². The fourth-order valence-electron chi connectivity index (χ4n) is 2.05. The Morgan fingerprint density at radius 2 is 2.18 bits per heavy atom. The van der Waals surface area contributed by atoms with Crippen molar-refractivity contribution in [3.63, 3.8) is 0 Å². The number of benzene rings is 1. The molecule has 1 saturated heterocycles. The average molecular weight is 233 g/mol. The molecular formula is C12H15N3O2. The van der Waals surface area contributed by atoms with Crippen molar-refractivity contribution in [3.05, 3.63) is 23.8 Å². The van der Waals surface area contributed by atoms with Gasteiger partial charge in [0.2, 0.25) is 11.8 Å². The number of anilines is 2. The topological polar surface area (TPSA) is 89.4 Å². The Labute approximate surface area is 99.4 Å². The van der Waals surface area contributed by atoms with E-state index in [4.69, 9.17) is 11.5 Å². The molecule has 0 spiro atoms. The van der Waals surface area contributed by atoms with Crippen LogP contribution >= 0.6 is 0 Å². The second-order valence-corrected chi connectivity index (χ2v) is 4.37. The lowest BCUT2D eigenvalue weighted by Crippen LogP contribution is -2.28. The van der Waals surface area contributed by atoms with Gasteiger partial charge < -0.3 is 16.4 Å². The second-order valence-electron chi connectivity index (χ2n) is 4.37. The molecule has 0 aromatic heterocycles. The molecule has 1 fully saturated rings. The minimum atomic E-state index is -0.438. The Morgan fingerprint density at radius 1 is 1.47 bits per heavy atom. The summed E-state index contributed by atoms with van der Waals surface area (Å²) < 4.78 is 0. The first-order valence-electron chi connectivity index (χ1n) is 5.45. The van der Waals surface area contributed by atoms with E-state index in [1.165, 1.54) is 4.90 Å². The molecule has 2 rings (SSSR count). The number of nitrogens with zero attached hydrogens (tertiary/aromatic N) is 1. The molecule has 5 heteroatoms. The van der Waals surface area contributed by atoms with Crippen molar-refractivity contribution in [1.82, 2.24) is 0 Å². The molecule has 90 valence electrons. The molecule has 0 saturated carbocycles. The fraction of sp³-hybridized carbons (Fsp3) is 0.333. The summed E-state index contributed by atoms with van der Waals surface area (Å²) in [7, 11) is 0. The number of nitrogen functional groups attached to an aromatic ring is 1. The summed E-state index contributed by atoms with van der Waals surface area (Å²) in [5, 5.41) is 0. The third-order valence-corrected chi connectivity index (χ3v) is 3.00. The third-order valence-electron chi connectivity index (χ3n) is 3.00. The summed E-state index contributed by atoms with van der Waals surface area (Å²) in [4.78, 5) is 24.4. The largest absolute Gasteiger partial charge is 0.397 e. The number of aryl methyl sites for hydroxylation is 1. The number of primary amides is 1. The van der Waals surface area contributed by atoms with Crippen LogP contribution in [0, 0.1) is 12.8 Å². The number of hydrogen-bond donors (Lipinski definition) is 2. The maximum atomic E-state index is 11.8. The molecule has 2 amide bonds. The van der Waals surface area contributed by atoms with Gasteiger partial charge in [-0.05, 0) is 24.6 Å². The standard InChI is InChI=1S/C12H15N3O2/c1-7-2-3-10(9(13)4-7)15-6-8(12(14)17)5-11(15)16/h2-4,8H,5-6,13H2,1H3,(H2,14,17). The van der Waals surface area contributed by atoms with Gasteiger partial charge in [0, 0.05) is 13.0 Å². The second kappa shape index (κ2) is 4.08. The van der Waals surface area contributed by atoms with Crippen LogP contribution in [0.15, 0.2) is 18.2 Å². The number of amides is 2. The summed E-state index contributed by atoms with van der Waals surface area (Å²) in [5.41, 5.74) is 13.3. The smallest absolute Gasteiger partial charge is 0.227 e. The molecule has 0 aliphatic carbocycles. The SMILES string of the molecule is Cc1ccc(N2CC(C(N)=O)CC2=O)c(N)c1. The molecule has 0 radical (unpaired) electrons. The van der Waals surface area contributed by atoms with Crippen LogP contribution < -0.4 is 16.4 Å². The van der Waals surface area contributed by atoms with Crippen LogP contribution in [0.1, 0.15) is 12.0 Å². The van der Waals surface area contributed by atoms with E-state index in [-0.39, 0.29) is 12.3 Å². The predicted molar refractivity (Wildman–Crippen MR) is 65.2 cm³/mol. The van der Waals surface area contributed by atoms with Gasteiger partial charge in [0.25, 0.3) is 0 Å². The van der Waals surface area contributed by atoms with Crippen LogP contribution in [0.25, 0.3) is 0 Å². The van der Waals surface area contributed by atoms with Crippen LogP contribution in [0.5, 0.6) is 0 Å². The van der Waals surface area contributed by atoms with Gasteiger partial charge in [-0.1, -0.05) is 6.07 Å². The van der Waals surface area contributed by atoms with Crippen molar-refractivity contribution in [2.45, 2.75) is 13.3 Å². The molecule has 1 aliphatic rings. The fourth-order valence-corrected chi connectivity index (χ4v) is 2.05. The van der Waals surface area contributed by atoms with Crippen LogP contribution in [-0.4, -0.2) is 18.4 Å². The molecule has 1 aromatic rings. The molecule has 1 heterocycles. The van der Waals surface area contributed by atoms with E-state index in [2.05, 4.69) is 0 Å². The van der Waals surface area contributed by atoms with Crippen molar-refractivity contribution in [2.24, 2.45) is 11.7 Å². The van der Waals surface area contributed by atoms with Crippen molar-refractivity contribution in [3.8, 4) is 0 Å². The van der Waals surface area contributed by atoms with Gasteiger partial charge in [0.05, 0.1) is 17.3 Å². The predicted octanol–water partition coefficient (Wildman–Crippen LogP) is 0.415. The van der Waals surface area contributed by atoms with Crippen molar-refractivity contribution < 1.29 is 9.59 Å². The first-order valence-corrected chi connectivity index (χ1v) is 5.45. The third kappa shape index (κ3) is 2.08. The number of hydrogen-bond acceptors (Lipinski definition) is 3. The minimum absolute atomic E-state index is 0.107. The van der Waals surface area contributed by atoms with Crippen LogP contribution in [0.4, 0.5) is 11.4 Å². The van der Waals surface area contributed by atoms with E-state index in [0.29, 0.717) is 17.9 Å². The molecule has 0 bridgehead atoms. The number of carbonyl (C=O) groups is 2. The normalized spacial score (nSPS) is 19.7. The number of nitrogens with two attached hydrogens (primary N) is 2. The highest BCUT2D eigenvalue weighted by molar-refractivity contribution is 6.02. The summed E-state index contributed by atoms with van der Waals surface area (Å²) in [6.45, 7) is 2.25. The lowest BCUT2D eigenvalue weighted by molar-refractivity contribution is -0.123. The zero-order valence-corrected chi connectivity index (χ0v) is 9.64. The number of rotatable bonds is 2. The van der Waals surface area contributed by atoms with Crippen LogP contribution in [0.3, 0.4) is 0 Å². The van der Waals surface area contributed by atoms with Crippen molar-refractivity contribution >= 4 is 23.2 Å². The Kier molecular flexibility index (Phi) is 2.75. The maximum absolute atomic E-state index is 11.8. The molecule has 5 nitrogen and oxygen atoms in total. The zero-order valence-electron chi connectivity index (χ0n) is 9.64. The average Bonchev–Trinajstić information content (AvgIpc) is 2.61. The minimum Gasteiger partial charge on any atom is -0.397 e. The zero-order chi connectivity index (χ0) is 12.6. The van der Waals surface area contributed by atoms with Gasteiger partial charge in [-0.2, -0.15) is 0 Å². The van der Waals surface area contributed by atoms with Crippen LogP contribution in [0.2, 0.25) is 0 Å². The van der Waals surface area contributed by atoms with E-state index in [1.54, 1.807) is 12.1 Å². The van der Waals surface area contributed by atoms with Crippen LogP contribution in [-0.2, 0) is 9.59 Å². The summed E-state index contributed by atoms with van der Waals surface area (Å²) in [6, 6.07) is 5.49. The van der Waals surface area contributed by atoms with Crippen molar-refractivity contribution in [1.29, 1.82) is 0 Å². The first-order chi connectivity index (χ1) is 7.99. The molecular weight excluding hydrogens is 218 g/mol. The van der Waals surface area contributed by atoms with Gasteiger partial charge in [-0.3, -0.25) is 9.59 Å². The quantitative estimate of drug-likeness (QED) is 0.725. The lowest BCUT2D eigenvalue weighted by Gasteiger charge is -2.18. The van der Waals surface area contributed by atoms with E-state index in [1.807, 2.05) is 13.0 Å². The summed E-state index contributed by atoms with van der Waals surface area (Å²) >= 11 is 0. The molecule has 1 unspecified atom stereocenters. The Balaban J connectivity index is 2.29. The highest BCUT2D eigenvalue weighted by Gasteiger charge is 2.34. The molecule has 1 atom stereocenters. The van der Waals surface area contributed by atoms with Gasteiger partial charge in [0.15, 0.2) is 0 Å². The monoisotopic (exact) mass is 233 g/mol. The highest BCUT2D eigenvalue weighted by atomic mass is 16.2. The van der Waals surface area contributed by atoms with E-state index in [0.717, 1.165) is 5.56 Å². The molecule has 4 N–H and O–H groups in total. The molecule has 17 heavy (non-hydrogen) atoms. The van der Waals surface area contributed by atoms with Gasteiger partial charge in [0.1, 0.15) is 0 Å². The van der Waals surface area contributed by atoms with Crippen molar-refractivity contribution in [2.75, 3.05) is 17.2 Å². The van der Waals surface area contributed by atoms with E-state index >= 15 is 0 Å². The summed E-state index contributed by atoms with van der Waals surface area (Å²) in [6.07, 6.45) is 0.169. The Morgan fingerprint density at radius 3 is 2.71 bits per heavy atom. The lowest BCUT2D eigenvalue weighted by atomic mass is 10.1. The first kappa shape index (κ1) is 11.4. The highest BCUT2D eigenvalue weighted by Crippen LogP contribution is 2.30. The van der Waals surface area contributed by atoms with Gasteiger partial charge >= 0.3 is 0 Å². The van der Waals surface area contributed by atoms with Gasteiger partial charge in [-0.25, -0.2) is 0 Å². The Hall–Kier alpha value is -2.04. The maximum Gasteiger partial charge on any atom is 0.227 e. The molecule has 1 aliphatic heterocycles. The molecule has 1 aromatic carbocycles. The number of carbonyl (C=O) groups excluding carboxylic acids is 2. The summed E-state index contributed by atoms with van der Waals surface area (Å²) in [5.74, 6) is -0.959. The van der Waals surface area contributed by atoms with E-state index in [9.17, 15) is 9.59 Å².